The van der Waals surface area contributed by atoms with Crippen LogP contribution in [0.4, 0.5) is 4.79 Å². The van der Waals surface area contributed by atoms with Crippen LogP contribution in [0.25, 0.3) is 0 Å². The van der Waals surface area contributed by atoms with Crippen molar-refractivity contribution in [2.45, 2.75) is 58.7 Å². The third-order valence-electron chi connectivity index (χ3n) is 4.34. The van der Waals surface area contributed by atoms with Crippen molar-refractivity contribution in [2.75, 3.05) is 14.1 Å². The van der Waals surface area contributed by atoms with E-state index in [4.69, 9.17) is 16.3 Å². The van der Waals surface area contributed by atoms with Crippen LogP contribution in [0.15, 0.2) is 24.3 Å². The van der Waals surface area contributed by atoms with Gasteiger partial charge in [-0.25, -0.2) is 4.79 Å². The highest BCUT2D eigenvalue weighted by atomic mass is 35.5. The fourth-order valence-corrected chi connectivity index (χ4v) is 2.95. The fourth-order valence-electron chi connectivity index (χ4n) is 2.74. The van der Waals surface area contributed by atoms with Gasteiger partial charge in [0.25, 0.3) is 0 Å². The number of aldehydes is 1. The Morgan fingerprint density at radius 3 is 2.42 bits per heavy atom. The molecule has 3 amide bonds. The minimum Gasteiger partial charge on any atom is -0.445 e. The van der Waals surface area contributed by atoms with E-state index in [0.29, 0.717) is 23.3 Å². The van der Waals surface area contributed by atoms with Gasteiger partial charge < -0.3 is 25.1 Å². The van der Waals surface area contributed by atoms with Crippen LogP contribution < -0.4 is 10.6 Å². The van der Waals surface area contributed by atoms with Crippen LogP contribution in [0.3, 0.4) is 0 Å². The van der Waals surface area contributed by atoms with Gasteiger partial charge >= 0.3 is 6.09 Å². The molecule has 172 valence electrons. The van der Waals surface area contributed by atoms with Crippen LogP contribution in [0.2, 0.25) is 5.02 Å². The highest BCUT2D eigenvalue weighted by Gasteiger charge is 2.28. The van der Waals surface area contributed by atoms with E-state index in [1.807, 2.05) is 20.8 Å². The van der Waals surface area contributed by atoms with Crippen molar-refractivity contribution in [3.8, 4) is 0 Å². The summed E-state index contributed by atoms with van der Waals surface area (Å²) in [5.41, 5.74) is 0.436. The molecule has 0 heterocycles. The molecule has 1 unspecified atom stereocenters. The average Bonchev–Trinajstić information content (AvgIpc) is 2.67. The Morgan fingerprint density at radius 2 is 1.87 bits per heavy atom. The molecule has 2 N–H and O–H groups in total. The Kier molecular flexibility index (Phi) is 10.5. The van der Waals surface area contributed by atoms with E-state index in [2.05, 4.69) is 10.6 Å². The van der Waals surface area contributed by atoms with Gasteiger partial charge in [0.1, 0.15) is 18.9 Å². The number of rotatable bonds is 10. The maximum Gasteiger partial charge on any atom is 0.408 e. The second kappa shape index (κ2) is 12.3. The van der Waals surface area contributed by atoms with Crippen molar-refractivity contribution < 1.29 is 23.9 Å². The maximum atomic E-state index is 12.8. The normalized spacial score (nSPS) is 13.0. The minimum atomic E-state index is -0.904. The Morgan fingerprint density at radius 1 is 1.19 bits per heavy atom. The molecular formula is C22H32ClN3O5. The highest BCUT2D eigenvalue weighted by molar-refractivity contribution is 6.30. The lowest BCUT2D eigenvalue weighted by molar-refractivity contribution is -0.130. The van der Waals surface area contributed by atoms with Crippen LogP contribution in [0.1, 0.15) is 45.6 Å². The summed E-state index contributed by atoms with van der Waals surface area (Å²) in [5, 5.41) is 5.71. The largest absolute Gasteiger partial charge is 0.445 e. The summed E-state index contributed by atoms with van der Waals surface area (Å²) >= 11 is 5.92. The van der Waals surface area contributed by atoms with Gasteiger partial charge in [-0.05, 0) is 36.0 Å². The summed E-state index contributed by atoms with van der Waals surface area (Å²) in [6.45, 7) is 5.79. The molecule has 8 nitrogen and oxygen atoms in total. The molecule has 2 atom stereocenters. The summed E-state index contributed by atoms with van der Waals surface area (Å²) in [5.74, 6) is -0.654. The SMILES string of the molecule is CN(C)C(=O)CC[C@@H](C=O)NC(=O)C(CC(C)(C)C)NC(=O)OCc1cccc(Cl)c1. The van der Waals surface area contributed by atoms with Crippen LogP contribution in [0.5, 0.6) is 0 Å². The van der Waals surface area contributed by atoms with Gasteiger partial charge in [-0.1, -0.05) is 44.5 Å². The molecule has 0 aliphatic heterocycles. The summed E-state index contributed by atoms with van der Waals surface area (Å²) in [7, 11) is 3.24. The van der Waals surface area contributed by atoms with Crippen LogP contribution in [-0.4, -0.2) is 55.3 Å². The lowest BCUT2D eigenvalue weighted by Gasteiger charge is -2.27. The van der Waals surface area contributed by atoms with Crippen molar-refractivity contribution in [3.05, 3.63) is 34.9 Å². The summed E-state index contributed by atoms with van der Waals surface area (Å²) in [6.07, 6.45) is 0.457. The molecule has 31 heavy (non-hydrogen) atoms. The first-order chi connectivity index (χ1) is 14.4. The van der Waals surface area contributed by atoms with Gasteiger partial charge in [0.2, 0.25) is 11.8 Å². The Labute approximate surface area is 188 Å². The van der Waals surface area contributed by atoms with E-state index in [-0.39, 0.29) is 30.8 Å². The predicted octanol–water partition coefficient (Wildman–Crippen LogP) is 2.92. The average molecular weight is 454 g/mol. The van der Waals surface area contributed by atoms with Crippen molar-refractivity contribution in [1.29, 1.82) is 0 Å². The minimum absolute atomic E-state index is 0.000139. The molecule has 0 aliphatic rings. The number of carbonyl (C=O) groups excluding carboxylic acids is 4. The van der Waals surface area contributed by atoms with Crippen LogP contribution in [-0.2, 0) is 25.7 Å². The Balaban J connectivity index is 2.72. The molecular weight excluding hydrogens is 422 g/mol. The Hall–Kier alpha value is -2.61. The predicted molar refractivity (Wildman–Crippen MR) is 119 cm³/mol. The summed E-state index contributed by atoms with van der Waals surface area (Å²) in [6, 6.07) is 5.17. The van der Waals surface area contributed by atoms with Gasteiger partial charge in [-0.15, -0.1) is 0 Å². The lowest BCUT2D eigenvalue weighted by Crippen LogP contribution is -2.51. The lowest BCUT2D eigenvalue weighted by atomic mass is 9.87. The van der Waals surface area contributed by atoms with Crippen molar-refractivity contribution in [2.24, 2.45) is 5.41 Å². The molecule has 0 bridgehead atoms. The number of ether oxygens (including phenoxy) is 1. The topological polar surface area (TPSA) is 105 Å². The number of amides is 3. The molecule has 0 radical (unpaired) electrons. The third-order valence-corrected chi connectivity index (χ3v) is 4.58. The first-order valence-electron chi connectivity index (χ1n) is 10.0. The molecule has 9 heteroatoms. The number of nitrogens with zero attached hydrogens (tertiary/aromatic N) is 1. The molecule has 0 saturated heterocycles. The van der Waals surface area contributed by atoms with Gasteiger partial charge in [0, 0.05) is 25.5 Å². The molecule has 1 aromatic rings. The second-order valence-electron chi connectivity index (χ2n) is 8.75. The van der Waals surface area contributed by atoms with Gasteiger partial charge in [-0.3, -0.25) is 9.59 Å². The van der Waals surface area contributed by atoms with E-state index in [1.165, 1.54) is 4.90 Å². The van der Waals surface area contributed by atoms with Crippen molar-refractivity contribution in [3.63, 3.8) is 0 Å². The number of hydrogen-bond acceptors (Lipinski definition) is 5. The van der Waals surface area contributed by atoms with Crippen molar-refractivity contribution in [1.82, 2.24) is 15.5 Å². The monoisotopic (exact) mass is 453 g/mol. The zero-order valence-corrected chi connectivity index (χ0v) is 19.5. The first kappa shape index (κ1) is 26.4. The first-order valence-corrected chi connectivity index (χ1v) is 10.4. The quantitative estimate of drug-likeness (QED) is 0.530. The summed E-state index contributed by atoms with van der Waals surface area (Å²) in [4.78, 5) is 49.6. The van der Waals surface area contributed by atoms with Crippen LogP contribution in [0, 0.1) is 5.41 Å². The zero-order valence-electron chi connectivity index (χ0n) is 18.7. The van der Waals surface area contributed by atoms with Gasteiger partial charge in [-0.2, -0.15) is 0 Å². The molecule has 0 aliphatic carbocycles. The number of nitrogens with one attached hydrogen (secondary N) is 2. The molecule has 1 aromatic carbocycles. The van der Waals surface area contributed by atoms with E-state index >= 15 is 0 Å². The zero-order chi connectivity index (χ0) is 23.6. The van der Waals surface area contributed by atoms with E-state index in [0.717, 1.165) is 0 Å². The van der Waals surface area contributed by atoms with Crippen LogP contribution >= 0.6 is 11.6 Å². The fraction of sp³-hybridized carbons (Fsp3) is 0.545. The van der Waals surface area contributed by atoms with E-state index in [1.54, 1.807) is 38.4 Å². The van der Waals surface area contributed by atoms with Gasteiger partial charge in [0.05, 0.1) is 6.04 Å². The molecule has 0 fully saturated rings. The molecule has 0 aromatic heterocycles. The number of carbonyl (C=O) groups is 4. The Bertz CT molecular complexity index is 777. The molecule has 1 rings (SSSR count). The number of alkyl carbamates (subject to hydrolysis) is 1. The number of hydrogen-bond donors (Lipinski definition) is 2. The molecule has 0 saturated carbocycles. The van der Waals surface area contributed by atoms with Gasteiger partial charge in [0.15, 0.2) is 0 Å². The van der Waals surface area contributed by atoms with E-state index < -0.39 is 24.1 Å². The van der Waals surface area contributed by atoms with E-state index in [9.17, 15) is 19.2 Å². The number of halogens is 1. The number of benzene rings is 1. The standard InChI is InChI=1S/C22H32ClN3O5/c1-22(2,3)12-18(20(29)24-17(13-27)9-10-19(28)26(4)5)25-21(30)31-14-15-7-6-8-16(23)11-15/h6-8,11,13,17-18H,9-10,12,14H2,1-5H3,(H,24,29)(H,25,30)/t17-,18?/m0/s1. The third kappa shape index (κ3) is 10.8. The maximum absolute atomic E-state index is 12.8. The molecule has 0 spiro atoms. The summed E-state index contributed by atoms with van der Waals surface area (Å²) < 4.78 is 5.21. The van der Waals surface area contributed by atoms with Crippen molar-refractivity contribution >= 4 is 35.8 Å². The second-order valence-corrected chi connectivity index (χ2v) is 9.18. The highest BCUT2D eigenvalue weighted by Crippen LogP contribution is 2.21. The smallest absolute Gasteiger partial charge is 0.408 e.